The number of carbonyl (C=O) groups is 2. The molecule has 0 saturated heterocycles. The summed E-state index contributed by atoms with van der Waals surface area (Å²) in [7, 11) is 0. The van der Waals surface area contributed by atoms with Crippen LogP contribution in [0.25, 0.3) is 0 Å². The topological polar surface area (TPSA) is 54.4 Å². The van der Waals surface area contributed by atoms with Gasteiger partial charge in [-0.3, -0.25) is 4.79 Å². The summed E-state index contributed by atoms with van der Waals surface area (Å²) in [6.07, 6.45) is 4.61. The molecule has 0 aromatic rings. The first-order valence-corrected chi connectivity index (χ1v) is 6.15. The Morgan fingerprint density at radius 1 is 1.19 bits per heavy atom. The number of aliphatic carboxylic acids is 1. The fourth-order valence-electron chi connectivity index (χ4n) is 2.60. The van der Waals surface area contributed by atoms with Gasteiger partial charge in [0.05, 0.1) is 0 Å². The molecule has 1 aliphatic carbocycles. The van der Waals surface area contributed by atoms with Crippen molar-refractivity contribution in [2.45, 2.75) is 52.9 Å². The molecule has 0 spiro atoms. The second kappa shape index (κ2) is 4.98. The third-order valence-electron chi connectivity index (χ3n) is 4.33. The molecule has 0 aromatic heterocycles. The van der Waals surface area contributed by atoms with Gasteiger partial charge < -0.3 is 5.11 Å². The van der Waals surface area contributed by atoms with Crippen molar-refractivity contribution in [1.29, 1.82) is 0 Å². The van der Waals surface area contributed by atoms with Crippen LogP contribution in [0.3, 0.4) is 0 Å². The third kappa shape index (κ3) is 2.83. The summed E-state index contributed by atoms with van der Waals surface area (Å²) < 4.78 is 0. The third-order valence-corrected chi connectivity index (χ3v) is 4.33. The Morgan fingerprint density at radius 3 is 2.06 bits per heavy atom. The molecule has 0 radical (unpaired) electrons. The number of carbonyl (C=O) groups excluding carboxylic acids is 1. The minimum Gasteiger partial charge on any atom is -0.475 e. The van der Waals surface area contributed by atoms with Crippen molar-refractivity contribution >= 4 is 11.8 Å². The van der Waals surface area contributed by atoms with E-state index in [1.807, 2.05) is 0 Å². The van der Waals surface area contributed by atoms with E-state index in [0.29, 0.717) is 11.3 Å². The van der Waals surface area contributed by atoms with E-state index in [4.69, 9.17) is 5.11 Å². The molecule has 0 aromatic carbocycles. The summed E-state index contributed by atoms with van der Waals surface area (Å²) in [6, 6.07) is 0. The number of ketones is 1. The second-order valence-corrected chi connectivity index (χ2v) is 5.56. The highest BCUT2D eigenvalue weighted by Gasteiger charge is 2.35. The van der Waals surface area contributed by atoms with Crippen molar-refractivity contribution in [1.82, 2.24) is 0 Å². The smallest absolute Gasteiger partial charge is 0.372 e. The maximum absolute atomic E-state index is 11.3. The fraction of sp³-hybridized carbons (Fsp3) is 0.846. The number of hydrogen-bond acceptors (Lipinski definition) is 2. The van der Waals surface area contributed by atoms with Crippen LogP contribution in [0.2, 0.25) is 0 Å². The molecule has 3 nitrogen and oxygen atoms in total. The Labute approximate surface area is 97.2 Å². The van der Waals surface area contributed by atoms with Gasteiger partial charge in [0.25, 0.3) is 0 Å². The predicted molar refractivity (Wildman–Crippen MR) is 62.2 cm³/mol. The van der Waals surface area contributed by atoms with Crippen LogP contribution in [0, 0.1) is 17.3 Å². The summed E-state index contributed by atoms with van der Waals surface area (Å²) in [6.45, 7) is 6.71. The van der Waals surface area contributed by atoms with E-state index in [1.54, 1.807) is 0 Å². The van der Waals surface area contributed by atoms with E-state index in [2.05, 4.69) is 20.8 Å². The molecule has 1 N–H and O–H groups in total. The lowest BCUT2D eigenvalue weighted by Crippen LogP contribution is -2.32. The van der Waals surface area contributed by atoms with Crippen molar-refractivity contribution in [3.63, 3.8) is 0 Å². The molecule has 1 rings (SSSR count). The van der Waals surface area contributed by atoms with Gasteiger partial charge in [-0.1, -0.05) is 27.2 Å². The predicted octanol–water partition coefficient (Wildman–Crippen LogP) is 2.88. The molecule has 0 amide bonds. The lowest BCUT2D eigenvalue weighted by atomic mass is 9.67. The SMILES string of the molecule is CCC(C)(C)C1CCC(C(=O)C(=O)O)CC1. The molecule has 1 saturated carbocycles. The van der Waals surface area contributed by atoms with Crippen LogP contribution in [0.1, 0.15) is 52.9 Å². The standard InChI is InChI=1S/C13H22O3/c1-4-13(2,3)10-7-5-9(6-8-10)11(14)12(15)16/h9-10H,4-8H2,1-3H3,(H,15,16). The Morgan fingerprint density at radius 2 is 1.69 bits per heavy atom. The Kier molecular flexibility index (Phi) is 4.11. The van der Waals surface area contributed by atoms with Gasteiger partial charge in [0, 0.05) is 5.92 Å². The van der Waals surface area contributed by atoms with Crippen LogP contribution in [-0.2, 0) is 9.59 Å². The van der Waals surface area contributed by atoms with E-state index in [1.165, 1.54) is 0 Å². The zero-order valence-electron chi connectivity index (χ0n) is 10.5. The maximum Gasteiger partial charge on any atom is 0.372 e. The van der Waals surface area contributed by atoms with Crippen LogP contribution in [-0.4, -0.2) is 16.9 Å². The zero-order chi connectivity index (χ0) is 12.3. The minimum atomic E-state index is -1.27. The molecule has 16 heavy (non-hydrogen) atoms. The average molecular weight is 226 g/mol. The molecule has 1 fully saturated rings. The highest BCUT2D eigenvalue weighted by Crippen LogP contribution is 2.42. The molecular weight excluding hydrogens is 204 g/mol. The normalized spacial score (nSPS) is 26.4. The average Bonchev–Trinajstić information content (AvgIpc) is 2.28. The fourth-order valence-corrected chi connectivity index (χ4v) is 2.60. The van der Waals surface area contributed by atoms with Crippen molar-refractivity contribution in [3.8, 4) is 0 Å². The molecule has 3 heteroatoms. The Hall–Kier alpha value is -0.860. The van der Waals surface area contributed by atoms with E-state index < -0.39 is 11.8 Å². The number of hydrogen-bond donors (Lipinski definition) is 1. The van der Waals surface area contributed by atoms with E-state index in [9.17, 15) is 9.59 Å². The first-order valence-electron chi connectivity index (χ1n) is 6.15. The van der Waals surface area contributed by atoms with Crippen LogP contribution in [0.4, 0.5) is 0 Å². The largest absolute Gasteiger partial charge is 0.475 e. The summed E-state index contributed by atoms with van der Waals surface area (Å²) in [4.78, 5) is 21.9. The maximum atomic E-state index is 11.3. The van der Waals surface area contributed by atoms with Gasteiger partial charge in [-0.05, 0) is 37.0 Å². The van der Waals surface area contributed by atoms with Gasteiger partial charge >= 0.3 is 5.97 Å². The first-order chi connectivity index (χ1) is 7.38. The van der Waals surface area contributed by atoms with Crippen molar-refractivity contribution in [3.05, 3.63) is 0 Å². The zero-order valence-corrected chi connectivity index (χ0v) is 10.5. The highest BCUT2D eigenvalue weighted by molar-refractivity contribution is 6.33. The molecule has 0 bridgehead atoms. The van der Waals surface area contributed by atoms with Gasteiger partial charge in [0.2, 0.25) is 5.78 Å². The van der Waals surface area contributed by atoms with E-state index in [0.717, 1.165) is 32.1 Å². The van der Waals surface area contributed by atoms with Crippen LogP contribution in [0.15, 0.2) is 0 Å². The summed E-state index contributed by atoms with van der Waals surface area (Å²) in [5.41, 5.74) is 0.317. The first kappa shape index (κ1) is 13.2. The molecular formula is C13H22O3. The number of carboxylic acid groups (broad SMARTS) is 1. The molecule has 0 heterocycles. The minimum absolute atomic E-state index is 0.235. The summed E-state index contributed by atoms with van der Waals surface area (Å²) in [5.74, 6) is -1.46. The molecule has 92 valence electrons. The van der Waals surface area contributed by atoms with Gasteiger partial charge in [-0.2, -0.15) is 0 Å². The summed E-state index contributed by atoms with van der Waals surface area (Å²) in [5, 5.41) is 8.66. The van der Waals surface area contributed by atoms with Crippen molar-refractivity contribution < 1.29 is 14.7 Å². The monoisotopic (exact) mass is 226 g/mol. The van der Waals surface area contributed by atoms with Crippen LogP contribution < -0.4 is 0 Å². The van der Waals surface area contributed by atoms with Gasteiger partial charge in [0.1, 0.15) is 0 Å². The van der Waals surface area contributed by atoms with Crippen molar-refractivity contribution in [2.24, 2.45) is 17.3 Å². The molecule has 0 unspecified atom stereocenters. The van der Waals surface area contributed by atoms with Crippen LogP contribution >= 0.6 is 0 Å². The second-order valence-electron chi connectivity index (χ2n) is 5.56. The summed E-state index contributed by atoms with van der Waals surface area (Å²) >= 11 is 0. The number of carboxylic acids is 1. The van der Waals surface area contributed by atoms with Gasteiger partial charge in [-0.15, -0.1) is 0 Å². The van der Waals surface area contributed by atoms with Crippen molar-refractivity contribution in [2.75, 3.05) is 0 Å². The lowest BCUT2D eigenvalue weighted by Gasteiger charge is -2.38. The Bertz CT molecular complexity index is 273. The highest BCUT2D eigenvalue weighted by atomic mass is 16.4. The van der Waals surface area contributed by atoms with E-state index >= 15 is 0 Å². The number of rotatable bonds is 4. The van der Waals surface area contributed by atoms with E-state index in [-0.39, 0.29) is 5.92 Å². The van der Waals surface area contributed by atoms with Gasteiger partial charge in [0.15, 0.2) is 0 Å². The Balaban J connectivity index is 2.52. The quantitative estimate of drug-likeness (QED) is 0.750. The van der Waals surface area contributed by atoms with Gasteiger partial charge in [-0.25, -0.2) is 4.79 Å². The molecule has 1 aliphatic rings. The lowest BCUT2D eigenvalue weighted by molar-refractivity contribution is -0.151. The molecule has 0 atom stereocenters. The van der Waals surface area contributed by atoms with Crippen LogP contribution in [0.5, 0.6) is 0 Å². The number of Topliss-reactive ketones (excluding diaryl/α,β-unsaturated/α-hetero) is 1. The molecule has 0 aliphatic heterocycles.